The van der Waals surface area contributed by atoms with Crippen molar-refractivity contribution in [3.05, 3.63) is 71.0 Å². The SMILES string of the molecule is Cc1cccc(CC(CNC2CC2)c2ccccc2F)c1. The first-order chi connectivity index (χ1) is 10.2. The minimum Gasteiger partial charge on any atom is -0.313 e. The molecule has 0 amide bonds. The van der Waals surface area contributed by atoms with Crippen molar-refractivity contribution < 1.29 is 4.39 Å². The molecule has 0 aliphatic heterocycles. The van der Waals surface area contributed by atoms with Crippen molar-refractivity contribution in [3.8, 4) is 0 Å². The van der Waals surface area contributed by atoms with E-state index in [-0.39, 0.29) is 11.7 Å². The number of nitrogens with one attached hydrogen (secondary N) is 1. The first-order valence-corrected chi connectivity index (χ1v) is 7.76. The Kier molecular flexibility index (Phi) is 4.35. The van der Waals surface area contributed by atoms with Crippen LogP contribution in [0.2, 0.25) is 0 Å². The van der Waals surface area contributed by atoms with Crippen molar-refractivity contribution in [1.29, 1.82) is 0 Å². The van der Waals surface area contributed by atoms with Gasteiger partial charge in [0.15, 0.2) is 0 Å². The van der Waals surface area contributed by atoms with Crippen LogP contribution in [0.3, 0.4) is 0 Å². The zero-order chi connectivity index (χ0) is 14.7. The summed E-state index contributed by atoms with van der Waals surface area (Å²) < 4.78 is 14.1. The standard InChI is InChI=1S/C19H22FN/c1-14-5-4-6-15(11-14)12-16(13-21-17-9-10-17)18-7-2-3-8-19(18)20/h2-8,11,16-17,21H,9-10,12-13H2,1H3. The number of rotatable bonds is 6. The Labute approximate surface area is 126 Å². The zero-order valence-electron chi connectivity index (χ0n) is 12.5. The Morgan fingerprint density at radius 3 is 2.67 bits per heavy atom. The van der Waals surface area contributed by atoms with Crippen molar-refractivity contribution in [2.24, 2.45) is 0 Å². The Balaban J connectivity index is 1.79. The van der Waals surface area contributed by atoms with E-state index in [1.54, 1.807) is 12.1 Å². The van der Waals surface area contributed by atoms with Crippen LogP contribution in [0.15, 0.2) is 48.5 Å². The molecule has 0 aromatic heterocycles. The number of benzene rings is 2. The monoisotopic (exact) mass is 283 g/mol. The minimum absolute atomic E-state index is 0.0900. The zero-order valence-corrected chi connectivity index (χ0v) is 12.5. The number of aryl methyl sites for hydroxylation is 1. The van der Waals surface area contributed by atoms with Crippen LogP contribution in [0.25, 0.3) is 0 Å². The molecule has 2 heteroatoms. The Hall–Kier alpha value is -1.67. The molecule has 1 atom stereocenters. The predicted octanol–water partition coefficient (Wildman–Crippen LogP) is 4.21. The number of hydrogen-bond acceptors (Lipinski definition) is 1. The summed E-state index contributed by atoms with van der Waals surface area (Å²) in [5.74, 6) is 0.0985. The van der Waals surface area contributed by atoms with Gasteiger partial charge in [-0.25, -0.2) is 4.39 Å². The molecule has 110 valence electrons. The Morgan fingerprint density at radius 1 is 1.14 bits per heavy atom. The van der Waals surface area contributed by atoms with Crippen LogP contribution in [0, 0.1) is 12.7 Å². The van der Waals surface area contributed by atoms with Crippen LogP contribution >= 0.6 is 0 Å². The average molecular weight is 283 g/mol. The first kappa shape index (κ1) is 14.3. The van der Waals surface area contributed by atoms with Gasteiger partial charge in [-0.15, -0.1) is 0 Å². The summed E-state index contributed by atoms with van der Waals surface area (Å²) in [7, 11) is 0. The Bertz CT molecular complexity index is 604. The van der Waals surface area contributed by atoms with Gasteiger partial charge in [0, 0.05) is 18.5 Å². The maximum atomic E-state index is 14.1. The van der Waals surface area contributed by atoms with Crippen molar-refractivity contribution in [2.45, 2.75) is 38.1 Å². The molecule has 1 N–H and O–H groups in total. The maximum Gasteiger partial charge on any atom is 0.126 e. The average Bonchev–Trinajstić information content (AvgIpc) is 3.28. The Morgan fingerprint density at radius 2 is 1.95 bits per heavy atom. The molecule has 0 heterocycles. The fraction of sp³-hybridized carbons (Fsp3) is 0.368. The molecule has 0 spiro atoms. The lowest BCUT2D eigenvalue weighted by Gasteiger charge is -2.19. The van der Waals surface area contributed by atoms with E-state index in [0.29, 0.717) is 6.04 Å². The van der Waals surface area contributed by atoms with Gasteiger partial charge in [0.1, 0.15) is 5.82 Å². The highest BCUT2D eigenvalue weighted by Gasteiger charge is 2.23. The van der Waals surface area contributed by atoms with E-state index in [4.69, 9.17) is 0 Å². The highest BCUT2D eigenvalue weighted by molar-refractivity contribution is 5.28. The van der Waals surface area contributed by atoms with E-state index < -0.39 is 0 Å². The maximum absolute atomic E-state index is 14.1. The number of hydrogen-bond donors (Lipinski definition) is 1. The summed E-state index contributed by atoms with van der Waals surface area (Å²) in [6.07, 6.45) is 3.39. The van der Waals surface area contributed by atoms with Crippen LogP contribution in [0.1, 0.15) is 35.4 Å². The fourth-order valence-electron chi connectivity index (χ4n) is 2.82. The second kappa shape index (κ2) is 6.40. The molecule has 1 fully saturated rings. The van der Waals surface area contributed by atoms with Crippen LogP contribution in [0.5, 0.6) is 0 Å². The normalized spacial score (nSPS) is 15.9. The van der Waals surface area contributed by atoms with Gasteiger partial charge in [0.05, 0.1) is 0 Å². The van der Waals surface area contributed by atoms with E-state index in [9.17, 15) is 4.39 Å². The predicted molar refractivity (Wildman–Crippen MR) is 85.0 cm³/mol. The molecule has 2 aromatic carbocycles. The fourth-order valence-corrected chi connectivity index (χ4v) is 2.82. The van der Waals surface area contributed by atoms with Gasteiger partial charge in [-0.3, -0.25) is 0 Å². The molecule has 1 aliphatic rings. The smallest absolute Gasteiger partial charge is 0.126 e. The lowest BCUT2D eigenvalue weighted by atomic mass is 9.91. The van der Waals surface area contributed by atoms with Crippen LogP contribution in [-0.2, 0) is 6.42 Å². The highest BCUT2D eigenvalue weighted by atomic mass is 19.1. The summed E-state index contributed by atoms with van der Waals surface area (Å²) in [6.45, 7) is 2.95. The molecule has 1 nitrogen and oxygen atoms in total. The van der Waals surface area contributed by atoms with Gasteiger partial charge in [-0.05, 0) is 43.4 Å². The third-order valence-corrected chi connectivity index (χ3v) is 4.14. The third-order valence-electron chi connectivity index (χ3n) is 4.14. The first-order valence-electron chi connectivity index (χ1n) is 7.76. The molecule has 0 radical (unpaired) electrons. The van der Waals surface area contributed by atoms with Crippen LogP contribution in [-0.4, -0.2) is 12.6 Å². The van der Waals surface area contributed by atoms with Gasteiger partial charge >= 0.3 is 0 Å². The van der Waals surface area contributed by atoms with Crippen LogP contribution < -0.4 is 5.32 Å². The second-order valence-electron chi connectivity index (χ2n) is 6.09. The minimum atomic E-state index is -0.0900. The quantitative estimate of drug-likeness (QED) is 0.837. The van der Waals surface area contributed by atoms with Crippen molar-refractivity contribution in [3.63, 3.8) is 0 Å². The largest absolute Gasteiger partial charge is 0.313 e. The van der Waals surface area contributed by atoms with E-state index in [0.717, 1.165) is 18.5 Å². The van der Waals surface area contributed by atoms with Gasteiger partial charge in [0.25, 0.3) is 0 Å². The molecule has 21 heavy (non-hydrogen) atoms. The van der Waals surface area contributed by atoms with Crippen molar-refractivity contribution in [1.82, 2.24) is 5.32 Å². The van der Waals surface area contributed by atoms with E-state index in [2.05, 4.69) is 36.5 Å². The summed E-state index contributed by atoms with van der Waals surface area (Å²) in [5.41, 5.74) is 3.36. The molecule has 0 bridgehead atoms. The molecule has 2 aromatic rings. The summed E-state index contributed by atoms with van der Waals surface area (Å²) in [6, 6.07) is 16.3. The van der Waals surface area contributed by atoms with Crippen LogP contribution in [0.4, 0.5) is 4.39 Å². The van der Waals surface area contributed by atoms with E-state index in [1.165, 1.54) is 24.0 Å². The van der Waals surface area contributed by atoms with Gasteiger partial charge < -0.3 is 5.32 Å². The highest BCUT2D eigenvalue weighted by Crippen LogP contribution is 2.26. The summed E-state index contributed by atoms with van der Waals surface area (Å²) in [5, 5.41) is 3.55. The number of halogens is 1. The van der Waals surface area contributed by atoms with Gasteiger partial charge in [-0.1, -0.05) is 48.0 Å². The molecule has 1 aliphatic carbocycles. The third kappa shape index (κ3) is 3.92. The molecule has 0 saturated heterocycles. The lowest BCUT2D eigenvalue weighted by molar-refractivity contribution is 0.536. The van der Waals surface area contributed by atoms with Crippen molar-refractivity contribution >= 4 is 0 Å². The molecule has 3 rings (SSSR count). The van der Waals surface area contributed by atoms with E-state index in [1.807, 2.05) is 12.1 Å². The van der Waals surface area contributed by atoms with Crippen molar-refractivity contribution in [2.75, 3.05) is 6.54 Å². The molecule has 1 unspecified atom stereocenters. The summed E-state index contributed by atoms with van der Waals surface area (Å²) >= 11 is 0. The topological polar surface area (TPSA) is 12.0 Å². The van der Waals surface area contributed by atoms with Gasteiger partial charge in [0.2, 0.25) is 0 Å². The van der Waals surface area contributed by atoms with Gasteiger partial charge in [-0.2, -0.15) is 0 Å². The van der Waals surface area contributed by atoms with E-state index >= 15 is 0 Å². The second-order valence-corrected chi connectivity index (χ2v) is 6.09. The molecule has 1 saturated carbocycles. The molecular formula is C19H22FN. The molecular weight excluding hydrogens is 261 g/mol. The lowest BCUT2D eigenvalue weighted by Crippen LogP contribution is -2.25. The summed E-state index contributed by atoms with van der Waals surface area (Å²) in [4.78, 5) is 0.